The number of aromatic hydroxyl groups is 3. The molecule has 3 aliphatic heterocycles. The van der Waals surface area contributed by atoms with Gasteiger partial charge in [-0.15, -0.1) is 5.10 Å². The lowest BCUT2D eigenvalue weighted by molar-refractivity contribution is -0.144. The van der Waals surface area contributed by atoms with E-state index in [1.165, 1.54) is 58.5 Å². The average molecular weight is 1400 g/mol. The molecule has 0 amide bonds. The standard InChI is InChI=1S/C73H66F4N8O8S2.C3H8O2/c1-40-38-92-73(93-40)41-14-16-48(17-15-41)90-32-6-31-85-61-29-19-50-49(18-20-52(61)83-84-85)51(50)39-91-62(89)13-5-33-94-95-34-30-78-72-70(76)68(74)67(69(75)71(72)77)66-59-27-25-57(81-59)64(43-8-3-11-46(87)36-43)55-23-21-53(79-55)63(42-7-2-10-45(86)35-42)54-22-24-56(80-54)65(58-26-28-60(66)82-58)44-9-4-12-47(88)37-44;1-3(5)2-4/h2-4,7-12,14-17,21-28,35-37,40,49-51,73,78-79,82,86-88H,5-6,13,18-20,29-34,38-39H2,1H3;3-5H,2H2,1H3/t40?,49-,50+,51-,73?;/m0./s1. The molecule has 1 saturated carbocycles. The molecule has 3 unspecified atom stereocenters. The molecule has 7 heterocycles. The van der Waals surface area contributed by atoms with Crippen LogP contribution in [0.3, 0.4) is 0 Å². The fraction of sp³-hybridized carbons (Fsp3) is 0.303. The molecule has 6 atom stereocenters. The zero-order chi connectivity index (χ0) is 69.6. The number of aliphatic hydroxyl groups excluding tert-OH is 2. The number of carbonyl (C=O) groups excluding carboxylic acids is 1. The number of halogens is 4. The Morgan fingerprint density at radius 2 is 1.20 bits per heavy atom. The smallest absolute Gasteiger partial charge is 0.305 e. The first kappa shape index (κ1) is 69.1. The summed E-state index contributed by atoms with van der Waals surface area (Å²) in [6, 6.07) is 34.3. The first-order chi connectivity index (χ1) is 48.6. The van der Waals surface area contributed by atoms with Gasteiger partial charge < -0.3 is 59.8 Å². The second kappa shape index (κ2) is 31.0. The van der Waals surface area contributed by atoms with E-state index in [2.05, 4.69) is 25.6 Å². The summed E-state index contributed by atoms with van der Waals surface area (Å²) in [5, 5.41) is 59.9. The highest BCUT2D eigenvalue weighted by atomic mass is 33.1. The number of aromatic nitrogens is 7. The first-order valence-corrected chi connectivity index (χ1v) is 35.8. The molecule has 1 saturated heterocycles. The maximum atomic E-state index is 17.1. The molecule has 24 heteroatoms. The van der Waals surface area contributed by atoms with Gasteiger partial charge in [0.2, 0.25) is 0 Å². The number of rotatable bonds is 22. The predicted molar refractivity (Wildman–Crippen MR) is 381 cm³/mol. The van der Waals surface area contributed by atoms with Crippen molar-refractivity contribution in [2.45, 2.75) is 83.8 Å². The van der Waals surface area contributed by atoms with Crippen molar-refractivity contribution in [3.63, 3.8) is 0 Å². The zero-order valence-corrected chi connectivity index (χ0v) is 56.4. The minimum absolute atomic E-state index is 0.0269. The molecule has 4 aromatic heterocycles. The van der Waals surface area contributed by atoms with Gasteiger partial charge in [0.25, 0.3) is 0 Å². The molecule has 2 fully saturated rings. The largest absolute Gasteiger partial charge is 0.508 e. The number of anilines is 1. The number of fused-ring (bicyclic) bond motifs is 10. The van der Waals surface area contributed by atoms with E-state index in [9.17, 15) is 20.1 Å². The Balaban J connectivity index is 0.00000173. The summed E-state index contributed by atoms with van der Waals surface area (Å²) < 4.78 is 92.7. The molecular weight excluding hydrogens is 1330 g/mol. The first-order valence-electron chi connectivity index (χ1n) is 33.3. The maximum absolute atomic E-state index is 17.1. The monoisotopic (exact) mass is 1400 g/mol. The van der Waals surface area contributed by atoms with Gasteiger partial charge in [-0.3, -0.25) is 4.79 Å². The summed E-state index contributed by atoms with van der Waals surface area (Å²) in [6.07, 6.45) is 11.1. The van der Waals surface area contributed by atoms with Crippen molar-refractivity contribution in [1.29, 1.82) is 0 Å². The van der Waals surface area contributed by atoms with Crippen molar-refractivity contribution in [3.8, 4) is 67.5 Å². The molecule has 5 aliphatic rings. The van der Waals surface area contributed by atoms with Crippen LogP contribution in [0.4, 0.5) is 23.2 Å². The summed E-state index contributed by atoms with van der Waals surface area (Å²) in [5.41, 5.74) is 6.76. The number of H-pyrrole nitrogens is 2. The molecule has 18 nitrogen and oxygen atoms in total. The Hall–Kier alpha value is -9.43. The van der Waals surface area contributed by atoms with E-state index in [1.54, 1.807) is 72.8 Å². The minimum atomic E-state index is -1.66. The fourth-order valence-corrected chi connectivity index (χ4v) is 15.3. The quantitative estimate of drug-likeness (QED) is 0.0103. The number of phenols is 3. The van der Waals surface area contributed by atoms with Crippen molar-refractivity contribution in [3.05, 3.63) is 184 Å². The molecule has 9 aromatic rings. The molecular formula is C76H74F4N8O10S2. The van der Waals surface area contributed by atoms with Crippen LogP contribution in [-0.2, 0) is 38.4 Å². The number of carbonyl (C=O) groups is 1. The lowest BCUT2D eigenvalue weighted by atomic mass is 10.0. The molecule has 14 rings (SSSR count). The van der Waals surface area contributed by atoms with Crippen molar-refractivity contribution in [2.24, 2.45) is 17.8 Å². The Labute approximate surface area is 581 Å². The van der Waals surface area contributed by atoms with Gasteiger partial charge >= 0.3 is 5.97 Å². The van der Waals surface area contributed by atoms with Crippen LogP contribution in [-0.4, -0.2) is 123 Å². The number of ether oxygens (including phenoxy) is 4. The van der Waals surface area contributed by atoms with E-state index in [1.807, 2.05) is 60.1 Å². The van der Waals surface area contributed by atoms with Crippen LogP contribution in [0.5, 0.6) is 23.0 Å². The summed E-state index contributed by atoms with van der Waals surface area (Å²) >= 11 is 0. The van der Waals surface area contributed by atoms with Gasteiger partial charge in [0.05, 0.1) is 78.4 Å². The summed E-state index contributed by atoms with van der Waals surface area (Å²) in [4.78, 5) is 29.8. The molecule has 518 valence electrons. The molecule has 0 spiro atoms. The van der Waals surface area contributed by atoms with Crippen molar-refractivity contribution >= 4 is 79.6 Å². The highest BCUT2D eigenvalue weighted by Crippen LogP contribution is 2.53. The number of benzene rings is 5. The lowest BCUT2D eigenvalue weighted by Gasteiger charge is -2.14. The van der Waals surface area contributed by atoms with Crippen molar-refractivity contribution < 1.29 is 66.8 Å². The van der Waals surface area contributed by atoms with Crippen molar-refractivity contribution in [2.75, 3.05) is 49.8 Å². The Kier molecular flexibility index (Phi) is 21.4. The summed E-state index contributed by atoms with van der Waals surface area (Å²) in [7, 11) is 2.85. The third-order valence-electron chi connectivity index (χ3n) is 18.2. The summed E-state index contributed by atoms with van der Waals surface area (Å²) in [6.45, 7) is 5.54. The topological polar surface area (TPSA) is 255 Å². The third-order valence-corrected chi connectivity index (χ3v) is 20.7. The van der Waals surface area contributed by atoms with Crippen LogP contribution in [0, 0.1) is 41.0 Å². The van der Waals surface area contributed by atoms with Crippen LogP contribution >= 0.6 is 21.6 Å². The van der Waals surface area contributed by atoms with Crippen LogP contribution in [0.1, 0.15) is 92.0 Å². The van der Waals surface area contributed by atoms with Gasteiger partial charge in [0, 0.05) is 87.3 Å². The van der Waals surface area contributed by atoms with Gasteiger partial charge in [-0.2, -0.15) is 0 Å². The molecule has 0 radical (unpaired) electrons. The van der Waals surface area contributed by atoms with Crippen LogP contribution < -0.4 is 10.1 Å². The number of esters is 1. The van der Waals surface area contributed by atoms with E-state index in [-0.39, 0.29) is 77.7 Å². The number of hydrogen-bond donors (Lipinski definition) is 8. The molecule has 8 bridgehead atoms. The molecule has 100 heavy (non-hydrogen) atoms. The van der Waals surface area contributed by atoms with Crippen LogP contribution in [0.25, 0.3) is 90.9 Å². The number of phenolic OH excluding ortho intramolecular Hbond substituents is 3. The molecule has 8 N–H and O–H groups in total. The number of aromatic amines is 2. The zero-order valence-electron chi connectivity index (χ0n) is 54.8. The number of nitrogens with one attached hydrogen (secondary N) is 3. The number of aliphatic hydroxyl groups is 2. The van der Waals surface area contributed by atoms with E-state index in [4.69, 9.17) is 39.1 Å². The van der Waals surface area contributed by atoms with E-state index >= 15 is 17.6 Å². The second-order valence-electron chi connectivity index (χ2n) is 25.2. The number of hydrogen-bond acceptors (Lipinski definition) is 17. The van der Waals surface area contributed by atoms with E-state index in [0.29, 0.717) is 123 Å². The van der Waals surface area contributed by atoms with Crippen LogP contribution in [0.15, 0.2) is 121 Å². The lowest BCUT2D eigenvalue weighted by Crippen LogP contribution is -2.12. The normalized spacial score (nSPS) is 17.7. The highest BCUT2D eigenvalue weighted by molar-refractivity contribution is 8.76. The van der Waals surface area contributed by atoms with Gasteiger partial charge in [0.15, 0.2) is 29.6 Å². The third kappa shape index (κ3) is 15.5. The minimum Gasteiger partial charge on any atom is -0.508 e. The van der Waals surface area contributed by atoms with Crippen LogP contribution in [0.2, 0.25) is 0 Å². The predicted octanol–water partition coefficient (Wildman–Crippen LogP) is 15.4. The Bertz CT molecular complexity index is 4660. The van der Waals surface area contributed by atoms with Gasteiger partial charge in [-0.1, -0.05) is 75.3 Å². The fourth-order valence-electron chi connectivity index (χ4n) is 13.3. The second-order valence-corrected chi connectivity index (χ2v) is 27.9. The Morgan fingerprint density at radius 1 is 0.680 bits per heavy atom. The SMILES string of the molecule is CC(O)CO.CC1COC(c2ccc(OCCCn3nnc4c3CC[C@@H]3[C@H](CC4)[C@@H]3COC(=O)CCCSSCCNc3c(F)c(F)c(-c4c5nc(c(-c6cccc(O)c6)c6ccc([nH]6)c(-c6cccc(O)c6)c6nc(c(-c7cccc(O)c7)c7ccc4[nH]7)C=C6)C=C5)c(F)c3F)cc2)O1. The van der Waals surface area contributed by atoms with E-state index in [0.717, 1.165) is 49.1 Å². The average Bonchev–Trinajstić information content (AvgIpc) is 1.53. The van der Waals surface area contributed by atoms with E-state index < -0.39 is 40.6 Å². The van der Waals surface area contributed by atoms with Gasteiger partial charge in [-0.05, 0) is 177 Å². The van der Waals surface area contributed by atoms with Gasteiger partial charge in [0.1, 0.15) is 28.7 Å². The number of aryl methyl sites for hydroxylation is 2. The number of nitrogens with zero attached hydrogens (tertiary/aromatic N) is 5. The Morgan fingerprint density at radius 3 is 1.72 bits per heavy atom. The molecule has 5 aromatic carbocycles. The van der Waals surface area contributed by atoms with Crippen molar-refractivity contribution in [1.82, 2.24) is 34.9 Å². The highest BCUT2D eigenvalue weighted by Gasteiger charge is 2.50. The molecule has 2 aliphatic carbocycles. The maximum Gasteiger partial charge on any atom is 0.305 e. The summed E-state index contributed by atoms with van der Waals surface area (Å²) in [5.74, 6) is -3.97. The van der Waals surface area contributed by atoms with Gasteiger partial charge in [-0.25, -0.2) is 32.2 Å².